The maximum atomic E-state index is 13.3. The molecule has 1 saturated heterocycles. The normalized spacial score (nSPS) is 17.9. The zero-order valence-corrected chi connectivity index (χ0v) is 21.8. The number of benzene rings is 2. The number of likely N-dealkylation sites (tertiary alicyclic amines) is 1. The number of rotatable bonds is 9. The molecule has 1 heterocycles. The molecule has 6 heteroatoms. The van der Waals surface area contributed by atoms with Crippen molar-refractivity contribution in [3.63, 3.8) is 0 Å². The molecule has 35 heavy (non-hydrogen) atoms. The Bertz CT molecular complexity index is 1080. The molecule has 1 N–H and O–H groups in total. The third-order valence-electron chi connectivity index (χ3n) is 6.74. The van der Waals surface area contributed by atoms with Crippen LogP contribution in [0.25, 0.3) is 5.76 Å². The van der Waals surface area contributed by atoms with E-state index >= 15 is 0 Å². The van der Waals surface area contributed by atoms with Crippen LogP contribution in [0.4, 0.5) is 0 Å². The van der Waals surface area contributed by atoms with Crippen LogP contribution in [0.1, 0.15) is 63.8 Å². The number of hydrogen-bond acceptors (Lipinski definition) is 5. The van der Waals surface area contributed by atoms with Crippen molar-refractivity contribution in [1.29, 1.82) is 0 Å². The second-order valence-corrected chi connectivity index (χ2v) is 9.98. The highest BCUT2D eigenvalue weighted by atomic mass is 16.5. The summed E-state index contributed by atoms with van der Waals surface area (Å²) in [5.41, 5.74) is 2.51. The molecule has 1 amide bonds. The number of carbonyl (C=O) groups is 2. The number of methoxy groups -OCH3 is 1. The monoisotopic (exact) mass is 478 g/mol. The maximum Gasteiger partial charge on any atom is 0.295 e. The number of carbonyl (C=O) groups excluding carboxylic acids is 2. The molecule has 0 aromatic heterocycles. The first-order valence-corrected chi connectivity index (χ1v) is 12.4. The minimum absolute atomic E-state index is 0.0231. The first kappa shape index (κ1) is 26.5. The van der Waals surface area contributed by atoms with E-state index in [4.69, 9.17) is 4.74 Å². The van der Waals surface area contributed by atoms with Gasteiger partial charge in [0.25, 0.3) is 11.7 Å². The zero-order chi connectivity index (χ0) is 25.8. The predicted molar refractivity (Wildman–Crippen MR) is 140 cm³/mol. The Balaban J connectivity index is 2.06. The highest BCUT2D eigenvalue weighted by molar-refractivity contribution is 6.46. The van der Waals surface area contributed by atoms with E-state index in [0.29, 0.717) is 17.9 Å². The van der Waals surface area contributed by atoms with E-state index in [1.54, 1.807) is 36.3 Å². The quantitative estimate of drug-likeness (QED) is 0.307. The van der Waals surface area contributed by atoms with Crippen LogP contribution >= 0.6 is 0 Å². The number of aliphatic hydroxyl groups excluding tert-OH is 1. The van der Waals surface area contributed by atoms with Crippen molar-refractivity contribution >= 4 is 17.4 Å². The van der Waals surface area contributed by atoms with Crippen molar-refractivity contribution in [2.45, 2.75) is 52.5 Å². The topological polar surface area (TPSA) is 70.1 Å². The Labute approximate surface area is 209 Å². The molecule has 188 valence electrons. The van der Waals surface area contributed by atoms with Crippen molar-refractivity contribution in [1.82, 2.24) is 9.80 Å². The van der Waals surface area contributed by atoms with Crippen LogP contribution in [0.2, 0.25) is 0 Å². The molecule has 1 fully saturated rings. The fourth-order valence-corrected chi connectivity index (χ4v) is 4.55. The average Bonchev–Trinajstić information content (AvgIpc) is 3.10. The van der Waals surface area contributed by atoms with Crippen molar-refractivity contribution in [3.8, 4) is 5.75 Å². The van der Waals surface area contributed by atoms with Crippen molar-refractivity contribution in [3.05, 3.63) is 70.8 Å². The summed E-state index contributed by atoms with van der Waals surface area (Å²) in [5, 5.41) is 11.3. The van der Waals surface area contributed by atoms with E-state index in [9.17, 15) is 14.7 Å². The molecule has 0 unspecified atom stereocenters. The van der Waals surface area contributed by atoms with Gasteiger partial charge in [-0.05, 0) is 54.7 Å². The van der Waals surface area contributed by atoms with Crippen LogP contribution in [0.5, 0.6) is 5.75 Å². The molecule has 0 aliphatic carbocycles. The second kappa shape index (κ2) is 11.1. The van der Waals surface area contributed by atoms with Gasteiger partial charge in [-0.2, -0.15) is 0 Å². The third-order valence-corrected chi connectivity index (χ3v) is 6.74. The van der Waals surface area contributed by atoms with Gasteiger partial charge in [0.1, 0.15) is 11.5 Å². The second-order valence-electron chi connectivity index (χ2n) is 9.98. The molecule has 1 aliphatic heterocycles. The number of aliphatic hydroxyl groups is 1. The third kappa shape index (κ3) is 5.76. The number of Topliss-reactive ketones (excluding diaryl/α,β-unsaturated/α-hetero) is 1. The highest BCUT2D eigenvalue weighted by Crippen LogP contribution is 2.40. The number of ketones is 1. The van der Waals surface area contributed by atoms with Crippen LogP contribution in [0, 0.1) is 0 Å². The van der Waals surface area contributed by atoms with Crippen molar-refractivity contribution in [2.75, 3.05) is 33.3 Å². The molecule has 3 rings (SSSR count). The lowest BCUT2D eigenvalue weighted by molar-refractivity contribution is -0.140. The zero-order valence-electron chi connectivity index (χ0n) is 21.8. The van der Waals surface area contributed by atoms with Crippen molar-refractivity contribution in [2.24, 2.45) is 0 Å². The molecule has 6 nitrogen and oxygen atoms in total. The molecular formula is C29H38N2O4. The number of nitrogens with zero attached hydrogens (tertiary/aromatic N) is 2. The Morgan fingerprint density at radius 3 is 2.29 bits per heavy atom. The summed E-state index contributed by atoms with van der Waals surface area (Å²) in [6.45, 7) is 13.8. The summed E-state index contributed by atoms with van der Waals surface area (Å²) in [5.74, 6) is -0.844. The summed E-state index contributed by atoms with van der Waals surface area (Å²) >= 11 is 0. The largest absolute Gasteiger partial charge is 0.507 e. The average molecular weight is 479 g/mol. The predicted octanol–water partition coefficient (Wildman–Crippen LogP) is 5.15. The fraction of sp³-hybridized carbons (Fsp3) is 0.448. The van der Waals surface area contributed by atoms with E-state index in [-0.39, 0.29) is 16.7 Å². The lowest BCUT2D eigenvalue weighted by Crippen LogP contribution is -2.33. The van der Waals surface area contributed by atoms with Crippen LogP contribution in [-0.2, 0) is 15.0 Å². The van der Waals surface area contributed by atoms with Crippen LogP contribution < -0.4 is 4.74 Å². The Morgan fingerprint density at radius 1 is 1.06 bits per heavy atom. The highest BCUT2D eigenvalue weighted by Gasteiger charge is 2.45. The molecule has 1 aliphatic rings. The summed E-state index contributed by atoms with van der Waals surface area (Å²) in [6, 6.07) is 14.3. The molecular weight excluding hydrogens is 440 g/mol. The molecule has 0 spiro atoms. The van der Waals surface area contributed by atoms with Gasteiger partial charge in [0.15, 0.2) is 0 Å². The first-order chi connectivity index (χ1) is 16.6. The molecule has 2 aromatic rings. The first-order valence-electron chi connectivity index (χ1n) is 12.4. The summed E-state index contributed by atoms with van der Waals surface area (Å²) in [6.07, 6.45) is 0.741. The molecule has 0 radical (unpaired) electrons. The minimum Gasteiger partial charge on any atom is -0.507 e. The lowest BCUT2D eigenvalue weighted by atomic mass is 9.85. The van der Waals surface area contributed by atoms with Gasteiger partial charge in [0, 0.05) is 12.1 Å². The number of ether oxygens (including phenoxy) is 1. The van der Waals surface area contributed by atoms with Gasteiger partial charge < -0.3 is 19.6 Å². The molecule has 1 atom stereocenters. The summed E-state index contributed by atoms with van der Waals surface area (Å²) in [4.78, 5) is 30.4. The minimum atomic E-state index is -0.655. The summed E-state index contributed by atoms with van der Waals surface area (Å²) < 4.78 is 5.29. The molecule has 2 aromatic carbocycles. The summed E-state index contributed by atoms with van der Waals surface area (Å²) in [7, 11) is 1.55. The number of hydrogen-bond donors (Lipinski definition) is 1. The van der Waals surface area contributed by atoms with Gasteiger partial charge in [0.05, 0.1) is 18.7 Å². The van der Waals surface area contributed by atoms with Gasteiger partial charge in [-0.15, -0.1) is 0 Å². The van der Waals surface area contributed by atoms with Gasteiger partial charge in [-0.3, -0.25) is 9.59 Å². The van der Waals surface area contributed by atoms with Gasteiger partial charge >= 0.3 is 0 Å². The van der Waals surface area contributed by atoms with E-state index < -0.39 is 17.7 Å². The number of amides is 1. The Kier molecular flexibility index (Phi) is 8.39. The van der Waals surface area contributed by atoms with Gasteiger partial charge in [-0.1, -0.05) is 71.0 Å². The molecule has 0 saturated carbocycles. The van der Waals surface area contributed by atoms with E-state index in [2.05, 4.69) is 39.5 Å². The van der Waals surface area contributed by atoms with E-state index in [0.717, 1.165) is 37.2 Å². The lowest BCUT2D eigenvalue weighted by Gasteiger charge is -2.27. The van der Waals surface area contributed by atoms with E-state index in [1.165, 1.54) is 0 Å². The van der Waals surface area contributed by atoms with Crippen LogP contribution in [0.15, 0.2) is 54.1 Å². The van der Waals surface area contributed by atoms with Crippen LogP contribution in [0.3, 0.4) is 0 Å². The molecule has 0 bridgehead atoms. The standard InChI is InChI=1S/C29H38N2O4/c1-7-30(8-2)17-10-18-31-25(20-13-15-22(16-14-20)29(3,4)5)24(27(33)28(31)34)26(32)21-11-9-12-23(19-21)35-6/h9,11-16,19,25,32H,7-8,10,17-18H2,1-6H3/b26-24+/t25-/m0/s1. The fourth-order valence-electron chi connectivity index (χ4n) is 4.55. The maximum absolute atomic E-state index is 13.3. The SMILES string of the molecule is CCN(CC)CCCN1C(=O)C(=O)/C(=C(/O)c2cccc(OC)c2)[C@@H]1c1ccc(C(C)(C)C)cc1. The Morgan fingerprint density at radius 2 is 1.71 bits per heavy atom. The van der Waals surface area contributed by atoms with Gasteiger partial charge in [0.2, 0.25) is 0 Å². The van der Waals surface area contributed by atoms with Crippen LogP contribution in [-0.4, -0.2) is 59.9 Å². The van der Waals surface area contributed by atoms with Crippen molar-refractivity contribution < 1.29 is 19.4 Å². The van der Waals surface area contributed by atoms with Gasteiger partial charge in [-0.25, -0.2) is 0 Å². The van der Waals surface area contributed by atoms with E-state index in [1.807, 2.05) is 24.3 Å². The Hall–Kier alpha value is -3.12. The smallest absolute Gasteiger partial charge is 0.295 e.